The van der Waals surface area contributed by atoms with Gasteiger partial charge in [-0.3, -0.25) is 4.79 Å². The highest BCUT2D eigenvalue weighted by atomic mass is 16.5. The van der Waals surface area contributed by atoms with E-state index in [4.69, 9.17) is 18.9 Å². The molecular weight excluding hydrogens is 454 g/mol. The minimum atomic E-state index is -0.292. The minimum absolute atomic E-state index is 0.0400. The van der Waals surface area contributed by atoms with Gasteiger partial charge in [0.05, 0.1) is 36.2 Å². The number of aromatic nitrogens is 2. The lowest BCUT2D eigenvalue weighted by Crippen LogP contribution is -2.20. The Kier molecular flexibility index (Phi) is 6.06. The Morgan fingerprint density at radius 2 is 1.81 bits per heavy atom. The second-order valence-corrected chi connectivity index (χ2v) is 9.72. The summed E-state index contributed by atoms with van der Waals surface area (Å²) in [4.78, 5) is 18.2. The van der Waals surface area contributed by atoms with Crippen LogP contribution < -0.4 is 15.0 Å². The van der Waals surface area contributed by atoms with Crippen LogP contribution in [0.25, 0.3) is 33.5 Å². The first-order valence-corrected chi connectivity index (χ1v) is 11.7. The number of hydrogen-bond donors (Lipinski definition) is 0. The van der Waals surface area contributed by atoms with Crippen LogP contribution in [-0.2, 0) is 0 Å². The van der Waals surface area contributed by atoms with Crippen LogP contribution in [0.15, 0.2) is 87.1 Å². The van der Waals surface area contributed by atoms with Gasteiger partial charge in [-0.15, -0.1) is 0 Å². The topological polar surface area (TPSA) is 78.9 Å². The first-order chi connectivity index (χ1) is 17.3. The first-order valence-electron chi connectivity index (χ1n) is 11.7. The van der Waals surface area contributed by atoms with Crippen molar-refractivity contribution in [1.29, 1.82) is 0 Å². The average Bonchev–Trinajstić information content (AvgIpc) is 3.31. The number of benzene rings is 3. The molecule has 0 aliphatic carbocycles. The zero-order valence-corrected chi connectivity index (χ0v) is 20.7. The van der Waals surface area contributed by atoms with E-state index < -0.39 is 0 Å². The third kappa shape index (κ3) is 4.73. The number of rotatable bonds is 6. The van der Waals surface area contributed by atoms with Crippen molar-refractivity contribution in [2.24, 2.45) is 10.5 Å². The van der Waals surface area contributed by atoms with E-state index in [1.54, 1.807) is 31.5 Å². The normalized spacial score (nSPS) is 12.0. The zero-order chi connectivity index (χ0) is 25.3. The average molecular weight is 482 g/mol. The van der Waals surface area contributed by atoms with Crippen LogP contribution in [0, 0.1) is 5.41 Å². The highest BCUT2D eigenvalue weighted by Gasteiger charge is 2.18. The molecule has 0 saturated carbocycles. The molecule has 5 aromatic rings. The lowest BCUT2D eigenvalue weighted by Gasteiger charge is -2.18. The van der Waals surface area contributed by atoms with Gasteiger partial charge in [-0.1, -0.05) is 51.1 Å². The number of furan rings is 1. The molecule has 0 radical (unpaired) electrons. The number of ether oxygens (including phenoxy) is 2. The molecule has 0 aliphatic rings. The molecule has 0 amide bonds. The molecule has 182 valence electrons. The van der Waals surface area contributed by atoms with Gasteiger partial charge in [0.25, 0.3) is 5.56 Å². The van der Waals surface area contributed by atoms with Crippen LogP contribution >= 0.6 is 0 Å². The molecule has 0 N–H and O–H groups in total. The second-order valence-electron chi connectivity index (χ2n) is 9.72. The third-order valence-electron chi connectivity index (χ3n) is 5.57. The van der Waals surface area contributed by atoms with Gasteiger partial charge in [-0.2, -0.15) is 9.78 Å². The van der Waals surface area contributed by atoms with Gasteiger partial charge in [0, 0.05) is 0 Å². The van der Waals surface area contributed by atoms with Crippen LogP contribution in [0.3, 0.4) is 0 Å². The summed E-state index contributed by atoms with van der Waals surface area (Å²) in [5.74, 6) is 2.13. The SMILES string of the molecule is COc1cccc2oc(-c3nc4ccccc4c(=O)n3N=Cc3cccc(OCC(C)(C)C)c3)cc12. The van der Waals surface area contributed by atoms with Crippen molar-refractivity contribution in [3.63, 3.8) is 0 Å². The first kappa shape index (κ1) is 23.4. The molecule has 0 spiro atoms. The van der Waals surface area contributed by atoms with Crippen LogP contribution in [0.5, 0.6) is 11.5 Å². The summed E-state index contributed by atoms with van der Waals surface area (Å²) in [6.07, 6.45) is 1.62. The molecule has 0 atom stereocenters. The molecule has 0 saturated heterocycles. The van der Waals surface area contributed by atoms with Gasteiger partial charge in [0.2, 0.25) is 5.82 Å². The summed E-state index contributed by atoms with van der Waals surface area (Å²) < 4.78 is 18.7. The summed E-state index contributed by atoms with van der Waals surface area (Å²) in [5, 5.41) is 5.79. The van der Waals surface area contributed by atoms with Crippen molar-refractivity contribution in [2.45, 2.75) is 20.8 Å². The minimum Gasteiger partial charge on any atom is -0.496 e. The third-order valence-corrected chi connectivity index (χ3v) is 5.57. The molecule has 36 heavy (non-hydrogen) atoms. The maximum atomic E-state index is 13.5. The van der Waals surface area contributed by atoms with Gasteiger partial charge in [0.1, 0.15) is 17.1 Å². The predicted octanol–water partition coefficient (Wildman–Crippen LogP) is 6.13. The summed E-state index contributed by atoms with van der Waals surface area (Å²) >= 11 is 0. The summed E-state index contributed by atoms with van der Waals surface area (Å²) in [6, 6.07) is 22.1. The Morgan fingerprint density at radius 3 is 2.61 bits per heavy atom. The molecule has 0 unspecified atom stereocenters. The monoisotopic (exact) mass is 481 g/mol. The van der Waals surface area contributed by atoms with Crippen molar-refractivity contribution in [3.05, 3.63) is 88.7 Å². The van der Waals surface area contributed by atoms with Gasteiger partial charge >= 0.3 is 0 Å². The lowest BCUT2D eigenvalue weighted by atomic mass is 9.99. The number of hydrogen-bond acceptors (Lipinski definition) is 6. The summed E-state index contributed by atoms with van der Waals surface area (Å²) in [6.45, 7) is 6.94. The van der Waals surface area contributed by atoms with Crippen molar-refractivity contribution in [1.82, 2.24) is 9.66 Å². The Balaban J connectivity index is 1.61. The van der Waals surface area contributed by atoms with E-state index in [1.807, 2.05) is 54.6 Å². The fourth-order valence-electron chi connectivity index (χ4n) is 3.82. The maximum Gasteiger partial charge on any atom is 0.282 e. The summed E-state index contributed by atoms with van der Waals surface area (Å²) in [7, 11) is 1.61. The van der Waals surface area contributed by atoms with E-state index in [0.29, 0.717) is 40.4 Å². The molecule has 0 aliphatic heterocycles. The predicted molar refractivity (Wildman–Crippen MR) is 142 cm³/mol. The van der Waals surface area contributed by atoms with E-state index >= 15 is 0 Å². The smallest absolute Gasteiger partial charge is 0.282 e. The molecule has 0 fully saturated rings. The lowest BCUT2D eigenvalue weighted by molar-refractivity contribution is 0.198. The number of para-hydroxylation sites is 1. The zero-order valence-electron chi connectivity index (χ0n) is 20.7. The molecule has 5 rings (SSSR count). The van der Waals surface area contributed by atoms with E-state index in [2.05, 4.69) is 25.9 Å². The van der Waals surface area contributed by atoms with Crippen molar-refractivity contribution in [2.75, 3.05) is 13.7 Å². The van der Waals surface area contributed by atoms with Crippen molar-refractivity contribution in [3.8, 4) is 23.1 Å². The molecule has 0 bridgehead atoms. The number of methoxy groups -OCH3 is 1. The Bertz CT molecular complexity index is 1640. The highest BCUT2D eigenvalue weighted by Crippen LogP contribution is 2.32. The van der Waals surface area contributed by atoms with Crippen LogP contribution in [0.2, 0.25) is 0 Å². The number of nitrogens with zero attached hydrogens (tertiary/aromatic N) is 3. The quantitative estimate of drug-likeness (QED) is 0.273. The van der Waals surface area contributed by atoms with E-state index in [9.17, 15) is 4.79 Å². The fraction of sp³-hybridized carbons (Fsp3) is 0.207. The largest absolute Gasteiger partial charge is 0.496 e. The van der Waals surface area contributed by atoms with Crippen molar-refractivity contribution >= 4 is 28.1 Å². The molecule has 2 aromatic heterocycles. The molecule has 3 aromatic carbocycles. The van der Waals surface area contributed by atoms with Crippen LogP contribution in [-0.4, -0.2) is 29.6 Å². The van der Waals surface area contributed by atoms with Gasteiger partial charge in [0.15, 0.2) is 5.76 Å². The van der Waals surface area contributed by atoms with Gasteiger partial charge < -0.3 is 13.9 Å². The standard InChI is InChI=1S/C29H27N3O4/c1-29(2,3)18-35-20-10-7-9-19(15-20)17-30-32-27(31-23-12-6-5-11-21(23)28(32)33)26-16-22-24(34-4)13-8-14-25(22)36-26/h5-17H,18H2,1-4H3. The molecule has 7 nitrogen and oxygen atoms in total. The molecular formula is C29H27N3O4. The summed E-state index contributed by atoms with van der Waals surface area (Å²) in [5.41, 5.74) is 1.73. The van der Waals surface area contributed by atoms with E-state index in [1.165, 1.54) is 4.68 Å². The van der Waals surface area contributed by atoms with E-state index in [-0.39, 0.29) is 11.0 Å². The Morgan fingerprint density at radius 1 is 1.00 bits per heavy atom. The highest BCUT2D eigenvalue weighted by molar-refractivity contribution is 5.88. The molecule has 7 heteroatoms. The maximum absolute atomic E-state index is 13.5. The van der Waals surface area contributed by atoms with E-state index in [0.717, 1.165) is 16.7 Å². The Labute approximate surface area is 208 Å². The number of fused-ring (bicyclic) bond motifs is 2. The van der Waals surface area contributed by atoms with Crippen LogP contribution in [0.1, 0.15) is 26.3 Å². The second kappa shape index (κ2) is 9.34. The fourth-order valence-corrected chi connectivity index (χ4v) is 3.82. The Hall–Kier alpha value is -4.39. The van der Waals surface area contributed by atoms with Crippen LogP contribution in [0.4, 0.5) is 0 Å². The van der Waals surface area contributed by atoms with Gasteiger partial charge in [-0.25, -0.2) is 4.98 Å². The molecule has 2 heterocycles. The van der Waals surface area contributed by atoms with Crippen molar-refractivity contribution < 1.29 is 13.9 Å². The van der Waals surface area contributed by atoms with Gasteiger partial charge in [-0.05, 0) is 53.4 Å².